The summed E-state index contributed by atoms with van der Waals surface area (Å²) in [5.74, 6) is 0.376. The molecular weight excluding hydrogens is 400 g/mol. The molecule has 1 rings (SSSR count). The molecule has 0 aromatic heterocycles. The van der Waals surface area contributed by atoms with Crippen LogP contribution in [0.25, 0.3) is 0 Å². The number of carboxylic acids is 1. The van der Waals surface area contributed by atoms with Crippen LogP contribution in [0.4, 0.5) is 4.79 Å². The highest BCUT2D eigenvalue weighted by Gasteiger charge is 2.32. The fraction of sp³-hybridized carbons (Fsp3) is 0.867. The molecule has 1 fully saturated rings. The molecule has 1 aliphatic carbocycles. The first-order valence-corrected chi connectivity index (χ1v) is 12.9. The molecule has 0 aromatic carbocycles. The van der Waals surface area contributed by atoms with Crippen molar-refractivity contribution in [3.05, 3.63) is 0 Å². The molecule has 25 heavy (non-hydrogen) atoms. The van der Waals surface area contributed by atoms with E-state index in [1.165, 1.54) is 23.6 Å². The number of thioether (sulfide) groups is 1. The third kappa shape index (κ3) is 10.1. The van der Waals surface area contributed by atoms with Gasteiger partial charge in [-0.3, -0.25) is 0 Å². The number of carboxylic acid groups (broad SMARTS) is 1. The molecule has 1 saturated carbocycles. The summed E-state index contributed by atoms with van der Waals surface area (Å²) in [7, 11) is 6.86. The van der Waals surface area contributed by atoms with Gasteiger partial charge in [0.15, 0.2) is 0 Å². The van der Waals surface area contributed by atoms with Crippen molar-refractivity contribution in [1.82, 2.24) is 10.6 Å². The summed E-state index contributed by atoms with van der Waals surface area (Å²) in [4.78, 5) is 23.0. The average Bonchev–Trinajstić information content (AvgIpc) is 2.46. The van der Waals surface area contributed by atoms with Crippen LogP contribution < -0.4 is 10.6 Å². The monoisotopic (exact) mass is 428 g/mol. The highest BCUT2D eigenvalue weighted by Crippen LogP contribution is 2.48. The number of alkyl carbamates (subject to hydrolysis) is 1. The zero-order valence-corrected chi connectivity index (χ0v) is 18.3. The third-order valence-electron chi connectivity index (χ3n) is 3.27. The number of hydrogen-bond acceptors (Lipinski definition) is 8. The van der Waals surface area contributed by atoms with Gasteiger partial charge in [0.05, 0.1) is 0 Å². The van der Waals surface area contributed by atoms with Crippen LogP contribution in [0, 0.1) is 0 Å². The highest BCUT2D eigenvalue weighted by atomic mass is 33.5. The van der Waals surface area contributed by atoms with Crippen molar-refractivity contribution >= 4 is 55.2 Å². The first-order chi connectivity index (χ1) is 11.7. The second-order valence-corrected chi connectivity index (χ2v) is 12.4. The summed E-state index contributed by atoms with van der Waals surface area (Å²) < 4.78 is 5.11. The van der Waals surface area contributed by atoms with Crippen molar-refractivity contribution < 1.29 is 19.4 Å². The minimum absolute atomic E-state index is 0.302. The van der Waals surface area contributed by atoms with E-state index in [-0.39, 0.29) is 0 Å². The summed E-state index contributed by atoms with van der Waals surface area (Å²) in [6.45, 7) is 6.25. The molecule has 0 aliphatic heterocycles. The Labute approximate surface area is 165 Å². The van der Waals surface area contributed by atoms with E-state index >= 15 is 0 Å². The normalized spacial score (nSPS) is 21.3. The van der Waals surface area contributed by atoms with Gasteiger partial charge in [-0.2, -0.15) is 11.8 Å². The number of rotatable bonds is 11. The van der Waals surface area contributed by atoms with Gasteiger partial charge in [0.25, 0.3) is 0 Å². The number of nitrogens with one attached hydrogen (secondary N) is 2. The van der Waals surface area contributed by atoms with Crippen molar-refractivity contribution in [3.63, 3.8) is 0 Å². The van der Waals surface area contributed by atoms with E-state index in [1.807, 2.05) is 29.6 Å². The van der Waals surface area contributed by atoms with Gasteiger partial charge in [0.2, 0.25) is 0 Å². The Balaban J connectivity index is 2.23. The largest absolute Gasteiger partial charge is 0.480 e. The van der Waals surface area contributed by atoms with Gasteiger partial charge >= 0.3 is 12.1 Å². The van der Waals surface area contributed by atoms with Crippen LogP contribution in [-0.4, -0.2) is 64.4 Å². The number of aliphatic carboxylic acids is 1. The number of hydrogen-bond donors (Lipinski definition) is 3. The third-order valence-corrected chi connectivity index (χ3v) is 9.58. The number of ether oxygens (including phenoxy) is 1. The first kappa shape index (κ1) is 23.1. The minimum atomic E-state index is -1.05. The van der Waals surface area contributed by atoms with Crippen LogP contribution in [0.2, 0.25) is 0 Å². The molecule has 0 aromatic rings. The Hall–Kier alpha value is 0.1000. The first-order valence-electron chi connectivity index (χ1n) is 8.16. The van der Waals surface area contributed by atoms with Crippen LogP contribution in [0.5, 0.6) is 0 Å². The van der Waals surface area contributed by atoms with E-state index in [1.54, 1.807) is 30.6 Å². The quantitative estimate of drug-likeness (QED) is 0.338. The van der Waals surface area contributed by atoms with Gasteiger partial charge in [-0.1, -0.05) is 21.6 Å². The fourth-order valence-corrected chi connectivity index (χ4v) is 8.45. The predicted octanol–water partition coefficient (Wildman–Crippen LogP) is 3.48. The Morgan fingerprint density at radius 3 is 2.48 bits per heavy atom. The fourth-order valence-electron chi connectivity index (χ4n) is 1.85. The maximum Gasteiger partial charge on any atom is 0.408 e. The van der Waals surface area contributed by atoms with E-state index in [0.717, 1.165) is 12.3 Å². The lowest BCUT2D eigenvalue weighted by atomic mass is 9.99. The molecule has 3 unspecified atom stereocenters. The van der Waals surface area contributed by atoms with Crippen LogP contribution in [0.3, 0.4) is 0 Å². The van der Waals surface area contributed by atoms with Gasteiger partial charge in [0.1, 0.15) is 11.6 Å². The molecule has 3 N–H and O–H groups in total. The van der Waals surface area contributed by atoms with E-state index in [4.69, 9.17) is 4.74 Å². The molecule has 0 heterocycles. The minimum Gasteiger partial charge on any atom is -0.480 e. The molecule has 3 atom stereocenters. The number of amides is 1. The molecule has 10 heteroatoms. The van der Waals surface area contributed by atoms with Crippen molar-refractivity contribution in [3.8, 4) is 0 Å². The van der Waals surface area contributed by atoms with Crippen LogP contribution in [0.1, 0.15) is 33.6 Å². The summed E-state index contributed by atoms with van der Waals surface area (Å²) in [5.41, 5.74) is -0.644. The van der Waals surface area contributed by atoms with Gasteiger partial charge in [-0.15, -0.1) is 0 Å². The molecular formula is C15H28N2O4S4. The zero-order chi connectivity index (χ0) is 18.9. The Kier molecular flexibility index (Phi) is 10.9. The zero-order valence-electron chi connectivity index (χ0n) is 15.1. The Morgan fingerprint density at radius 1 is 1.28 bits per heavy atom. The second kappa shape index (κ2) is 11.7. The van der Waals surface area contributed by atoms with Gasteiger partial charge in [-0.05, 0) is 50.5 Å². The summed E-state index contributed by atoms with van der Waals surface area (Å²) in [5, 5.41) is 16.1. The van der Waals surface area contributed by atoms with Gasteiger partial charge < -0.3 is 20.5 Å². The van der Waals surface area contributed by atoms with Crippen molar-refractivity contribution in [2.75, 3.05) is 25.1 Å². The van der Waals surface area contributed by atoms with E-state index in [0.29, 0.717) is 16.3 Å². The van der Waals surface area contributed by atoms with Crippen LogP contribution >= 0.6 is 43.2 Å². The van der Waals surface area contributed by atoms with E-state index in [9.17, 15) is 14.7 Å². The topological polar surface area (TPSA) is 87.7 Å². The standard InChI is InChI=1S/C15H28N2O4S4/c1-15(2,3)21-14(20)17-10(13(18)19)9-23-25-24-12-6-5-11(12)22-8-7-16-4/h10-12,16H,5-9H2,1-4H3,(H,17,20)(H,18,19). The average molecular weight is 429 g/mol. The molecule has 1 aliphatic rings. The van der Waals surface area contributed by atoms with Crippen molar-refractivity contribution in [2.45, 2.75) is 55.8 Å². The molecule has 146 valence electrons. The summed E-state index contributed by atoms with van der Waals surface area (Å²) >= 11 is 2.01. The SMILES string of the molecule is CNCCSC1CCC1SSSCC(NC(=O)OC(C)(C)C)C(=O)O. The second-order valence-electron chi connectivity index (χ2n) is 6.61. The number of carbonyl (C=O) groups is 2. The molecule has 1 amide bonds. The lowest BCUT2D eigenvalue weighted by Gasteiger charge is -2.35. The lowest BCUT2D eigenvalue weighted by Crippen LogP contribution is -2.44. The predicted molar refractivity (Wildman–Crippen MR) is 112 cm³/mol. The number of carbonyl (C=O) groups excluding carboxylic acids is 1. The molecule has 6 nitrogen and oxygen atoms in total. The van der Waals surface area contributed by atoms with Gasteiger partial charge in [0, 0.05) is 28.6 Å². The molecule has 0 radical (unpaired) electrons. The van der Waals surface area contributed by atoms with Gasteiger partial charge in [-0.25, -0.2) is 9.59 Å². The smallest absolute Gasteiger partial charge is 0.408 e. The Bertz CT molecular complexity index is 434. The van der Waals surface area contributed by atoms with Crippen molar-refractivity contribution in [2.24, 2.45) is 0 Å². The maximum absolute atomic E-state index is 11.7. The van der Waals surface area contributed by atoms with E-state index < -0.39 is 23.7 Å². The lowest BCUT2D eigenvalue weighted by molar-refractivity contribution is -0.138. The van der Waals surface area contributed by atoms with Crippen LogP contribution in [-0.2, 0) is 9.53 Å². The van der Waals surface area contributed by atoms with E-state index in [2.05, 4.69) is 10.6 Å². The molecule has 0 bridgehead atoms. The van der Waals surface area contributed by atoms with Crippen molar-refractivity contribution in [1.29, 1.82) is 0 Å². The molecule has 0 spiro atoms. The van der Waals surface area contributed by atoms with Crippen LogP contribution in [0.15, 0.2) is 0 Å². The Morgan fingerprint density at radius 2 is 1.96 bits per heavy atom. The summed E-state index contributed by atoms with van der Waals surface area (Å²) in [6.07, 6.45) is 1.78. The maximum atomic E-state index is 11.7. The highest BCUT2D eigenvalue weighted by molar-refractivity contribution is 9.09. The summed E-state index contributed by atoms with van der Waals surface area (Å²) in [6, 6.07) is -0.949. The molecule has 0 saturated heterocycles.